The van der Waals surface area contributed by atoms with Crippen LogP contribution in [-0.4, -0.2) is 35.8 Å². The van der Waals surface area contributed by atoms with Gasteiger partial charge in [0.15, 0.2) is 0 Å². The minimum Gasteiger partial charge on any atom is -0.365 e. The predicted molar refractivity (Wildman–Crippen MR) is 121 cm³/mol. The number of amides is 2. The Morgan fingerprint density at radius 3 is 2.63 bits per heavy atom. The number of nitrogens with one attached hydrogen (secondary N) is 1. The van der Waals surface area contributed by atoms with Crippen LogP contribution in [0.15, 0.2) is 36.4 Å². The van der Waals surface area contributed by atoms with E-state index in [1.807, 2.05) is 12.1 Å². The van der Waals surface area contributed by atoms with Crippen molar-refractivity contribution in [2.75, 3.05) is 23.3 Å². The Bertz CT molecular complexity index is 958. The van der Waals surface area contributed by atoms with Gasteiger partial charge in [0, 0.05) is 32.2 Å². The summed E-state index contributed by atoms with van der Waals surface area (Å²) in [6.45, 7) is 5.98. The van der Waals surface area contributed by atoms with Gasteiger partial charge in [-0.2, -0.15) is 0 Å². The fraction of sp³-hybridized carbons (Fsp3) is 0.417. The van der Waals surface area contributed by atoms with Crippen molar-refractivity contribution in [1.29, 1.82) is 0 Å². The number of carbonyl (C=O) groups is 2. The summed E-state index contributed by atoms with van der Waals surface area (Å²) < 4.78 is 0. The van der Waals surface area contributed by atoms with E-state index in [0.717, 1.165) is 43.6 Å². The molecule has 6 heteroatoms. The van der Waals surface area contributed by atoms with Gasteiger partial charge >= 0.3 is 0 Å². The molecule has 1 saturated heterocycles. The molecule has 0 aliphatic carbocycles. The summed E-state index contributed by atoms with van der Waals surface area (Å²) in [5.74, 6) is -0.177. The van der Waals surface area contributed by atoms with E-state index in [1.54, 1.807) is 4.90 Å². The van der Waals surface area contributed by atoms with Crippen molar-refractivity contribution in [1.82, 2.24) is 4.90 Å². The van der Waals surface area contributed by atoms with E-state index in [-0.39, 0.29) is 11.8 Å². The van der Waals surface area contributed by atoms with Crippen LogP contribution in [0.25, 0.3) is 0 Å². The van der Waals surface area contributed by atoms with E-state index < -0.39 is 6.04 Å². The van der Waals surface area contributed by atoms with E-state index in [1.165, 1.54) is 18.1 Å². The first-order valence-electron chi connectivity index (χ1n) is 10.6. The lowest BCUT2D eigenvalue weighted by atomic mass is 10.0. The normalized spacial score (nSPS) is 18.3. The van der Waals surface area contributed by atoms with Crippen LogP contribution in [0.2, 0.25) is 5.02 Å². The molecule has 0 bridgehead atoms. The molecule has 1 N–H and O–H groups in total. The first kappa shape index (κ1) is 20.7. The van der Waals surface area contributed by atoms with Crippen molar-refractivity contribution in [2.24, 2.45) is 0 Å². The van der Waals surface area contributed by atoms with Gasteiger partial charge in [0.05, 0.1) is 10.7 Å². The summed E-state index contributed by atoms with van der Waals surface area (Å²) in [5, 5.41) is 3.65. The summed E-state index contributed by atoms with van der Waals surface area (Å²) in [6, 6.07) is 12.0. The zero-order valence-electron chi connectivity index (χ0n) is 17.6. The minimum absolute atomic E-state index is 0.0476. The molecule has 2 aromatic carbocycles. The van der Waals surface area contributed by atoms with Gasteiger partial charge in [-0.25, -0.2) is 0 Å². The molecule has 158 valence electrons. The molecule has 1 atom stereocenters. The zero-order valence-corrected chi connectivity index (χ0v) is 18.3. The molecule has 5 nitrogen and oxygen atoms in total. The number of likely N-dealkylation sites (tertiary alicyclic amines) is 1. The van der Waals surface area contributed by atoms with Gasteiger partial charge in [0.2, 0.25) is 11.8 Å². The highest BCUT2D eigenvalue weighted by molar-refractivity contribution is 6.34. The van der Waals surface area contributed by atoms with Crippen molar-refractivity contribution in [3.63, 3.8) is 0 Å². The average Bonchev–Trinajstić information content (AvgIpc) is 3.12. The van der Waals surface area contributed by atoms with Gasteiger partial charge in [0.1, 0.15) is 6.04 Å². The summed E-state index contributed by atoms with van der Waals surface area (Å²) in [7, 11) is 0. The molecule has 2 amide bonds. The number of anilines is 2. The Balaban J connectivity index is 1.49. The Hall–Kier alpha value is -2.53. The largest absolute Gasteiger partial charge is 0.365 e. The second kappa shape index (κ2) is 8.68. The maximum Gasteiger partial charge on any atom is 0.247 e. The fourth-order valence-corrected chi connectivity index (χ4v) is 4.88. The Kier molecular flexibility index (Phi) is 6.00. The second-order valence-electron chi connectivity index (χ2n) is 8.34. The number of hydrogen-bond acceptors (Lipinski definition) is 3. The number of rotatable bonds is 4. The van der Waals surface area contributed by atoms with Crippen LogP contribution in [0.1, 0.15) is 42.9 Å². The van der Waals surface area contributed by atoms with Crippen LogP contribution >= 0.6 is 11.6 Å². The van der Waals surface area contributed by atoms with Crippen molar-refractivity contribution in [2.45, 2.75) is 52.1 Å². The lowest BCUT2D eigenvalue weighted by Crippen LogP contribution is -2.49. The smallest absolute Gasteiger partial charge is 0.247 e. The van der Waals surface area contributed by atoms with Crippen LogP contribution in [0.3, 0.4) is 0 Å². The molecule has 4 rings (SSSR count). The van der Waals surface area contributed by atoms with E-state index in [9.17, 15) is 9.59 Å². The first-order chi connectivity index (χ1) is 14.4. The molecule has 0 radical (unpaired) electrons. The molecule has 1 fully saturated rings. The molecule has 2 aliphatic heterocycles. The van der Waals surface area contributed by atoms with Gasteiger partial charge in [0.25, 0.3) is 0 Å². The SMILES string of the molecule is CC(=O)N1CCCC[C@@H]1C(=O)Nc1cc(Cl)c2c(c1)CCN2Cc1ccc(C)cc1. The van der Waals surface area contributed by atoms with Gasteiger partial charge in [-0.1, -0.05) is 41.4 Å². The highest BCUT2D eigenvalue weighted by Gasteiger charge is 2.31. The zero-order chi connectivity index (χ0) is 21.3. The van der Waals surface area contributed by atoms with Gasteiger partial charge < -0.3 is 15.1 Å². The van der Waals surface area contributed by atoms with E-state index in [2.05, 4.69) is 41.4 Å². The molecular weight excluding hydrogens is 398 g/mol. The molecule has 0 unspecified atom stereocenters. The van der Waals surface area contributed by atoms with Crippen molar-refractivity contribution in [3.8, 4) is 0 Å². The maximum absolute atomic E-state index is 12.9. The lowest BCUT2D eigenvalue weighted by molar-refractivity contribution is -0.138. The number of hydrogen-bond donors (Lipinski definition) is 1. The highest BCUT2D eigenvalue weighted by Crippen LogP contribution is 2.38. The number of piperidine rings is 1. The quantitative estimate of drug-likeness (QED) is 0.781. The van der Waals surface area contributed by atoms with Crippen LogP contribution in [0, 0.1) is 6.92 Å². The van der Waals surface area contributed by atoms with Crippen LogP contribution in [0.5, 0.6) is 0 Å². The first-order valence-corrected chi connectivity index (χ1v) is 11.0. The monoisotopic (exact) mass is 425 g/mol. The third kappa shape index (κ3) is 4.31. The van der Waals surface area contributed by atoms with Gasteiger partial charge in [-0.05, 0) is 55.9 Å². The molecule has 0 aromatic heterocycles. The highest BCUT2D eigenvalue weighted by atomic mass is 35.5. The number of carbonyl (C=O) groups excluding carboxylic acids is 2. The number of aryl methyl sites for hydroxylation is 1. The summed E-state index contributed by atoms with van der Waals surface area (Å²) in [6.07, 6.45) is 3.51. The fourth-order valence-electron chi connectivity index (χ4n) is 4.52. The number of nitrogens with zero attached hydrogens (tertiary/aromatic N) is 2. The Morgan fingerprint density at radius 2 is 1.90 bits per heavy atom. The van der Waals surface area contributed by atoms with Gasteiger partial charge in [-0.3, -0.25) is 9.59 Å². The maximum atomic E-state index is 12.9. The van der Waals surface area contributed by atoms with Crippen molar-refractivity contribution < 1.29 is 9.59 Å². The molecular formula is C24H28ClN3O2. The summed E-state index contributed by atoms with van der Waals surface area (Å²) in [5.41, 5.74) is 5.41. The number of halogens is 1. The molecule has 2 aromatic rings. The summed E-state index contributed by atoms with van der Waals surface area (Å²) >= 11 is 6.65. The van der Waals surface area contributed by atoms with Gasteiger partial charge in [-0.15, -0.1) is 0 Å². The third-order valence-corrected chi connectivity index (χ3v) is 6.37. The lowest BCUT2D eigenvalue weighted by Gasteiger charge is -2.34. The van der Waals surface area contributed by atoms with Crippen LogP contribution in [-0.2, 0) is 22.6 Å². The minimum atomic E-state index is -0.402. The van der Waals surface area contributed by atoms with Crippen LogP contribution < -0.4 is 10.2 Å². The molecule has 30 heavy (non-hydrogen) atoms. The Morgan fingerprint density at radius 1 is 1.13 bits per heavy atom. The van der Waals surface area contributed by atoms with E-state index in [4.69, 9.17) is 11.6 Å². The van der Waals surface area contributed by atoms with E-state index in [0.29, 0.717) is 23.7 Å². The molecule has 0 saturated carbocycles. The second-order valence-corrected chi connectivity index (χ2v) is 8.74. The van der Waals surface area contributed by atoms with Crippen LogP contribution in [0.4, 0.5) is 11.4 Å². The predicted octanol–water partition coefficient (Wildman–Crippen LogP) is 4.55. The third-order valence-electron chi connectivity index (χ3n) is 6.08. The topological polar surface area (TPSA) is 52.7 Å². The standard InChI is InChI=1S/C24H28ClN3O2/c1-16-6-8-18(9-7-16)15-27-12-10-19-13-20(14-21(25)23(19)27)26-24(30)22-5-3-4-11-28(22)17(2)29/h6-9,13-14,22H,3-5,10-12,15H2,1-2H3,(H,26,30)/t22-/m1/s1. The molecule has 2 aliphatic rings. The average molecular weight is 426 g/mol. The van der Waals surface area contributed by atoms with Crippen molar-refractivity contribution >= 4 is 34.8 Å². The number of benzene rings is 2. The number of fused-ring (bicyclic) bond motifs is 1. The molecule has 2 heterocycles. The Labute approximate surface area is 183 Å². The van der Waals surface area contributed by atoms with E-state index >= 15 is 0 Å². The molecule has 0 spiro atoms. The summed E-state index contributed by atoms with van der Waals surface area (Å²) in [4.78, 5) is 28.7. The van der Waals surface area contributed by atoms with Crippen molar-refractivity contribution in [3.05, 3.63) is 58.1 Å².